The van der Waals surface area contributed by atoms with E-state index in [1.807, 2.05) is 0 Å². The van der Waals surface area contributed by atoms with E-state index in [0.717, 1.165) is 11.3 Å². The van der Waals surface area contributed by atoms with E-state index in [4.69, 9.17) is 5.11 Å². The third-order valence-corrected chi connectivity index (χ3v) is 4.13. The van der Waals surface area contributed by atoms with Crippen molar-refractivity contribution in [1.29, 1.82) is 0 Å². The molecule has 1 fully saturated rings. The molecular formula is C11H12N2O5S. The first-order chi connectivity index (χ1) is 8.91. The van der Waals surface area contributed by atoms with Gasteiger partial charge >= 0.3 is 5.97 Å². The molecule has 7 nitrogen and oxygen atoms in total. The Morgan fingerprint density at radius 3 is 2.79 bits per heavy atom. The number of nitro groups is 1. The lowest BCUT2D eigenvalue weighted by molar-refractivity contribution is -0.385. The summed E-state index contributed by atoms with van der Waals surface area (Å²) in [5.41, 5.74) is -0.0978. The monoisotopic (exact) mass is 284 g/mol. The number of thiophene rings is 1. The number of aliphatic carboxylic acids is 1. The molecule has 0 spiro atoms. The number of nitrogens with zero attached hydrogens (tertiary/aromatic N) is 2. The molecule has 1 atom stereocenters. The summed E-state index contributed by atoms with van der Waals surface area (Å²) in [6.07, 6.45) is 1.06. The van der Waals surface area contributed by atoms with E-state index in [1.165, 1.54) is 11.0 Å². The van der Waals surface area contributed by atoms with Crippen molar-refractivity contribution in [3.63, 3.8) is 0 Å². The van der Waals surface area contributed by atoms with Gasteiger partial charge in [0.05, 0.1) is 14.7 Å². The Labute approximate surface area is 112 Å². The van der Waals surface area contributed by atoms with Crippen LogP contribution >= 0.6 is 11.3 Å². The fraction of sp³-hybridized carbons (Fsp3) is 0.455. The van der Waals surface area contributed by atoms with Crippen LogP contribution in [0.1, 0.15) is 27.4 Å². The molecule has 0 radical (unpaired) electrons. The van der Waals surface area contributed by atoms with E-state index in [-0.39, 0.29) is 10.6 Å². The van der Waals surface area contributed by atoms with Crippen LogP contribution in [0, 0.1) is 17.0 Å². The number of carbonyl (C=O) groups excluding carboxylic acids is 1. The van der Waals surface area contributed by atoms with Crippen LogP contribution in [-0.2, 0) is 4.79 Å². The predicted molar refractivity (Wildman–Crippen MR) is 67.4 cm³/mol. The minimum atomic E-state index is -1.03. The Balaban J connectivity index is 2.27. The van der Waals surface area contributed by atoms with Gasteiger partial charge in [-0.05, 0) is 19.8 Å². The molecule has 0 saturated carbocycles. The lowest BCUT2D eigenvalue weighted by Gasteiger charge is -2.20. The molecular weight excluding hydrogens is 272 g/mol. The lowest BCUT2D eigenvalue weighted by Crippen LogP contribution is -2.40. The van der Waals surface area contributed by atoms with E-state index in [0.29, 0.717) is 24.3 Å². The van der Waals surface area contributed by atoms with Crippen LogP contribution in [0.2, 0.25) is 0 Å². The molecule has 19 heavy (non-hydrogen) atoms. The van der Waals surface area contributed by atoms with Gasteiger partial charge in [0.25, 0.3) is 11.6 Å². The highest BCUT2D eigenvalue weighted by Crippen LogP contribution is 2.30. The highest BCUT2D eigenvalue weighted by atomic mass is 32.1. The molecule has 1 aliphatic heterocycles. The van der Waals surface area contributed by atoms with Crippen LogP contribution in [0.25, 0.3) is 0 Å². The number of amides is 1. The standard InChI is InChI=1S/C11H12N2O5S/c1-6-8(13(17)18)5-9(19-6)10(14)12-4-2-3-7(12)11(15)16/h5,7H,2-4H2,1H3,(H,15,16). The minimum absolute atomic E-state index is 0.0978. The molecule has 0 aromatic carbocycles. The third-order valence-electron chi connectivity index (χ3n) is 3.10. The summed E-state index contributed by atoms with van der Waals surface area (Å²) in [6.45, 7) is 1.94. The third kappa shape index (κ3) is 2.43. The second-order valence-corrected chi connectivity index (χ2v) is 5.56. The van der Waals surface area contributed by atoms with Gasteiger partial charge in [0, 0.05) is 12.6 Å². The Morgan fingerprint density at radius 1 is 1.58 bits per heavy atom. The number of carboxylic acid groups (broad SMARTS) is 1. The Morgan fingerprint density at radius 2 is 2.26 bits per heavy atom. The van der Waals surface area contributed by atoms with Crippen molar-refractivity contribution in [3.8, 4) is 0 Å². The van der Waals surface area contributed by atoms with Crippen molar-refractivity contribution < 1.29 is 19.6 Å². The number of aryl methyl sites for hydroxylation is 1. The summed E-state index contributed by atoms with van der Waals surface area (Å²) in [7, 11) is 0. The Bertz CT molecular complexity index is 553. The molecule has 1 aromatic heterocycles. The Kier molecular flexibility index (Phi) is 3.52. The highest BCUT2D eigenvalue weighted by Gasteiger charge is 2.35. The molecule has 1 aromatic rings. The van der Waals surface area contributed by atoms with Gasteiger partial charge in [-0.3, -0.25) is 14.9 Å². The molecule has 1 amide bonds. The van der Waals surface area contributed by atoms with Gasteiger partial charge in [-0.25, -0.2) is 4.79 Å². The summed E-state index contributed by atoms with van der Waals surface area (Å²) < 4.78 is 0. The molecule has 2 heterocycles. The predicted octanol–water partition coefficient (Wildman–Crippen LogP) is 1.65. The van der Waals surface area contributed by atoms with Gasteiger partial charge in [-0.1, -0.05) is 0 Å². The average Bonchev–Trinajstić information content (AvgIpc) is 2.93. The van der Waals surface area contributed by atoms with E-state index in [1.54, 1.807) is 6.92 Å². The van der Waals surface area contributed by atoms with Crippen molar-refractivity contribution >= 4 is 28.9 Å². The zero-order valence-corrected chi connectivity index (χ0v) is 11.0. The molecule has 8 heteroatoms. The molecule has 0 bridgehead atoms. The van der Waals surface area contributed by atoms with Crippen LogP contribution in [0.4, 0.5) is 5.69 Å². The lowest BCUT2D eigenvalue weighted by atomic mass is 10.2. The smallest absolute Gasteiger partial charge is 0.326 e. The molecule has 1 saturated heterocycles. The number of rotatable bonds is 3. The van der Waals surface area contributed by atoms with Crippen LogP contribution in [-0.4, -0.2) is 39.4 Å². The summed E-state index contributed by atoms with van der Waals surface area (Å²) in [6, 6.07) is 0.397. The van der Waals surface area contributed by atoms with Crippen LogP contribution < -0.4 is 0 Å². The average molecular weight is 284 g/mol. The quantitative estimate of drug-likeness (QED) is 0.671. The van der Waals surface area contributed by atoms with E-state index >= 15 is 0 Å². The molecule has 1 aliphatic rings. The zero-order chi connectivity index (χ0) is 14.2. The van der Waals surface area contributed by atoms with Crippen molar-refractivity contribution in [2.45, 2.75) is 25.8 Å². The van der Waals surface area contributed by atoms with Crippen molar-refractivity contribution in [1.82, 2.24) is 4.90 Å². The second kappa shape index (κ2) is 4.96. The number of hydrogen-bond acceptors (Lipinski definition) is 5. The number of carboxylic acids is 1. The van der Waals surface area contributed by atoms with Crippen molar-refractivity contribution in [3.05, 3.63) is 25.9 Å². The van der Waals surface area contributed by atoms with E-state index in [2.05, 4.69) is 0 Å². The normalized spacial score (nSPS) is 18.6. The van der Waals surface area contributed by atoms with Gasteiger partial charge in [0.1, 0.15) is 6.04 Å². The molecule has 0 aliphatic carbocycles. The number of likely N-dealkylation sites (tertiary alicyclic amines) is 1. The first-order valence-electron chi connectivity index (χ1n) is 5.70. The summed E-state index contributed by atoms with van der Waals surface area (Å²) in [5, 5.41) is 19.8. The van der Waals surface area contributed by atoms with Gasteiger partial charge < -0.3 is 10.0 Å². The van der Waals surface area contributed by atoms with Crippen molar-refractivity contribution in [2.75, 3.05) is 6.54 Å². The Hall–Kier alpha value is -1.96. The first-order valence-corrected chi connectivity index (χ1v) is 6.52. The number of hydrogen-bond donors (Lipinski definition) is 1. The highest BCUT2D eigenvalue weighted by molar-refractivity contribution is 7.14. The maximum absolute atomic E-state index is 12.2. The fourth-order valence-electron chi connectivity index (χ4n) is 2.17. The molecule has 2 rings (SSSR count). The topological polar surface area (TPSA) is 101 Å². The fourth-order valence-corrected chi connectivity index (χ4v) is 3.11. The molecule has 1 N–H and O–H groups in total. The van der Waals surface area contributed by atoms with E-state index in [9.17, 15) is 19.7 Å². The zero-order valence-electron chi connectivity index (χ0n) is 10.2. The summed E-state index contributed by atoms with van der Waals surface area (Å²) in [4.78, 5) is 35.4. The largest absolute Gasteiger partial charge is 0.480 e. The maximum Gasteiger partial charge on any atom is 0.326 e. The van der Waals surface area contributed by atoms with Crippen LogP contribution in [0.3, 0.4) is 0 Å². The molecule has 1 unspecified atom stereocenters. The van der Waals surface area contributed by atoms with E-state index < -0.39 is 22.8 Å². The second-order valence-electron chi connectivity index (χ2n) is 4.30. The first kappa shape index (κ1) is 13.5. The van der Waals surface area contributed by atoms with Crippen LogP contribution in [0.5, 0.6) is 0 Å². The summed E-state index contributed by atoms with van der Waals surface area (Å²) in [5.74, 6) is -1.47. The minimum Gasteiger partial charge on any atom is -0.480 e. The van der Waals surface area contributed by atoms with Crippen LogP contribution in [0.15, 0.2) is 6.07 Å². The van der Waals surface area contributed by atoms with Crippen molar-refractivity contribution in [2.24, 2.45) is 0 Å². The maximum atomic E-state index is 12.2. The molecule has 102 valence electrons. The SMILES string of the molecule is Cc1sc(C(=O)N2CCCC2C(=O)O)cc1[N+](=O)[O-]. The van der Waals surface area contributed by atoms with Gasteiger partial charge in [0.15, 0.2) is 0 Å². The number of carbonyl (C=O) groups is 2. The summed E-state index contributed by atoms with van der Waals surface area (Å²) >= 11 is 1.03. The van der Waals surface area contributed by atoms with Gasteiger partial charge in [-0.15, -0.1) is 11.3 Å². The van der Waals surface area contributed by atoms with Gasteiger partial charge in [-0.2, -0.15) is 0 Å². The van der Waals surface area contributed by atoms with Gasteiger partial charge in [0.2, 0.25) is 0 Å².